The Morgan fingerprint density at radius 1 is 1.05 bits per heavy atom. The monoisotopic (exact) mass is 585 g/mol. The van der Waals surface area contributed by atoms with Crippen LogP contribution in [0.15, 0.2) is 53.0 Å². The Hall–Kier alpha value is -2.74. The lowest BCUT2D eigenvalue weighted by molar-refractivity contribution is -0.170. The summed E-state index contributed by atoms with van der Waals surface area (Å²) in [6, 6.07) is 16.2. The number of amides is 2. The van der Waals surface area contributed by atoms with Gasteiger partial charge in [-0.1, -0.05) is 40.2 Å². The SMILES string of the molecule is CC(C)(C)OC(=O)C(C)(C)Oc1cccc(N2CCC[C@H](NC(=O)N(Cc3ccccc3Br)C3CC3)C2)c1. The second-order valence-electron chi connectivity index (χ2n) is 11.8. The molecule has 0 aromatic heterocycles. The van der Waals surface area contributed by atoms with Gasteiger partial charge in [0.1, 0.15) is 11.4 Å². The highest BCUT2D eigenvalue weighted by Crippen LogP contribution is 2.31. The number of ether oxygens (including phenoxy) is 2. The van der Waals surface area contributed by atoms with Crippen LogP contribution in [0.2, 0.25) is 0 Å². The average molecular weight is 587 g/mol. The zero-order valence-electron chi connectivity index (χ0n) is 23.1. The first-order chi connectivity index (χ1) is 17.9. The first-order valence-electron chi connectivity index (χ1n) is 13.5. The summed E-state index contributed by atoms with van der Waals surface area (Å²) in [4.78, 5) is 30.2. The van der Waals surface area contributed by atoms with E-state index in [1.807, 2.05) is 68.1 Å². The molecule has 2 amide bonds. The fourth-order valence-corrected chi connectivity index (χ4v) is 5.04. The molecule has 1 saturated heterocycles. The van der Waals surface area contributed by atoms with E-state index in [-0.39, 0.29) is 12.1 Å². The van der Waals surface area contributed by atoms with Crippen molar-refractivity contribution in [2.75, 3.05) is 18.0 Å². The summed E-state index contributed by atoms with van der Waals surface area (Å²) in [6.45, 7) is 11.2. The van der Waals surface area contributed by atoms with Gasteiger partial charge in [-0.3, -0.25) is 0 Å². The van der Waals surface area contributed by atoms with Crippen molar-refractivity contribution in [1.29, 1.82) is 0 Å². The summed E-state index contributed by atoms with van der Waals surface area (Å²) in [7, 11) is 0. The quantitative estimate of drug-likeness (QED) is 0.368. The van der Waals surface area contributed by atoms with Gasteiger partial charge in [-0.2, -0.15) is 0 Å². The molecule has 0 bridgehead atoms. The molecular weight excluding hydrogens is 546 g/mol. The molecule has 0 unspecified atom stereocenters. The largest absolute Gasteiger partial charge is 0.476 e. The maximum Gasteiger partial charge on any atom is 0.350 e. The number of esters is 1. The van der Waals surface area contributed by atoms with Crippen LogP contribution in [-0.4, -0.2) is 53.3 Å². The Morgan fingerprint density at radius 3 is 2.47 bits per heavy atom. The molecule has 1 heterocycles. The van der Waals surface area contributed by atoms with Gasteiger partial charge in [-0.15, -0.1) is 0 Å². The molecule has 1 saturated carbocycles. The number of urea groups is 1. The van der Waals surface area contributed by atoms with Gasteiger partial charge >= 0.3 is 12.0 Å². The molecule has 2 aromatic rings. The van der Waals surface area contributed by atoms with Crippen LogP contribution in [0, 0.1) is 0 Å². The minimum Gasteiger partial charge on any atom is -0.476 e. The fourth-order valence-electron chi connectivity index (χ4n) is 4.63. The van der Waals surface area contributed by atoms with Gasteiger partial charge < -0.3 is 24.6 Å². The maximum atomic E-state index is 13.3. The second-order valence-corrected chi connectivity index (χ2v) is 12.7. The van der Waals surface area contributed by atoms with E-state index < -0.39 is 17.2 Å². The smallest absolute Gasteiger partial charge is 0.350 e. The van der Waals surface area contributed by atoms with Crippen LogP contribution in [0.1, 0.15) is 65.9 Å². The summed E-state index contributed by atoms with van der Waals surface area (Å²) in [5.74, 6) is 0.205. The zero-order valence-corrected chi connectivity index (χ0v) is 24.7. The Kier molecular flexibility index (Phi) is 8.60. The minimum atomic E-state index is -1.12. The Morgan fingerprint density at radius 2 is 1.79 bits per heavy atom. The fraction of sp³-hybridized carbons (Fsp3) is 0.533. The van der Waals surface area contributed by atoms with Gasteiger partial charge in [-0.05, 0) is 84.1 Å². The van der Waals surface area contributed by atoms with Crippen molar-refractivity contribution in [2.24, 2.45) is 0 Å². The maximum absolute atomic E-state index is 13.3. The molecule has 1 aliphatic carbocycles. The Balaban J connectivity index is 1.38. The topological polar surface area (TPSA) is 71.1 Å². The first kappa shape index (κ1) is 28.3. The van der Waals surface area contributed by atoms with Gasteiger partial charge in [0.15, 0.2) is 5.60 Å². The molecule has 38 heavy (non-hydrogen) atoms. The van der Waals surface area contributed by atoms with Gasteiger partial charge in [0, 0.05) is 47.9 Å². The van der Waals surface area contributed by atoms with E-state index in [2.05, 4.69) is 32.2 Å². The van der Waals surface area contributed by atoms with Crippen molar-refractivity contribution in [1.82, 2.24) is 10.2 Å². The molecule has 1 atom stereocenters. The highest BCUT2D eigenvalue weighted by atomic mass is 79.9. The summed E-state index contributed by atoms with van der Waals surface area (Å²) in [5, 5.41) is 3.31. The third kappa shape index (κ3) is 7.65. The van der Waals surface area contributed by atoms with Crippen molar-refractivity contribution in [3.63, 3.8) is 0 Å². The normalized spacial score (nSPS) is 18.1. The van der Waals surface area contributed by atoms with E-state index in [0.717, 1.165) is 54.5 Å². The van der Waals surface area contributed by atoms with Crippen molar-refractivity contribution in [3.05, 3.63) is 58.6 Å². The predicted octanol–water partition coefficient (Wildman–Crippen LogP) is 6.29. The van der Waals surface area contributed by atoms with Crippen LogP contribution in [0.4, 0.5) is 10.5 Å². The van der Waals surface area contributed by atoms with E-state index in [1.54, 1.807) is 13.8 Å². The van der Waals surface area contributed by atoms with Crippen LogP contribution in [0.5, 0.6) is 5.75 Å². The standard InChI is InChI=1S/C30H40BrN3O4/c1-29(2,3)38-27(35)30(4,5)37-25-13-8-12-24(18-25)33-17-9-11-22(20-33)32-28(36)34(23-15-16-23)19-21-10-6-7-14-26(21)31/h6-8,10,12-14,18,22-23H,9,11,15-17,19-20H2,1-5H3,(H,32,36)/t22-/m0/s1. The first-order valence-corrected chi connectivity index (χ1v) is 14.3. The lowest BCUT2D eigenvalue weighted by Crippen LogP contribution is -2.52. The molecule has 8 heteroatoms. The van der Waals surface area contributed by atoms with Gasteiger partial charge in [0.05, 0.1) is 0 Å². The predicted molar refractivity (Wildman–Crippen MR) is 153 cm³/mol. The number of hydrogen-bond donors (Lipinski definition) is 1. The molecule has 0 radical (unpaired) electrons. The van der Waals surface area contributed by atoms with Gasteiger partial charge in [-0.25, -0.2) is 9.59 Å². The Bertz CT molecular complexity index is 1140. The number of anilines is 1. The number of hydrogen-bond acceptors (Lipinski definition) is 5. The highest BCUT2D eigenvalue weighted by molar-refractivity contribution is 9.10. The van der Waals surface area contributed by atoms with Gasteiger partial charge in [0.25, 0.3) is 0 Å². The molecule has 2 fully saturated rings. The van der Waals surface area contributed by atoms with Crippen molar-refractivity contribution < 1.29 is 19.1 Å². The summed E-state index contributed by atoms with van der Waals surface area (Å²) in [5.41, 5.74) is 0.420. The molecule has 2 aliphatic rings. The highest BCUT2D eigenvalue weighted by Gasteiger charge is 2.36. The molecular formula is C30H40BrN3O4. The van der Waals surface area contributed by atoms with Crippen LogP contribution in [-0.2, 0) is 16.1 Å². The van der Waals surface area contributed by atoms with Crippen LogP contribution in [0.3, 0.4) is 0 Å². The van der Waals surface area contributed by atoms with E-state index in [4.69, 9.17) is 9.47 Å². The van der Waals surface area contributed by atoms with Crippen LogP contribution >= 0.6 is 15.9 Å². The third-order valence-corrected chi connectivity index (χ3v) is 7.52. The van der Waals surface area contributed by atoms with Gasteiger partial charge in [0.2, 0.25) is 0 Å². The number of benzene rings is 2. The summed E-state index contributed by atoms with van der Waals surface area (Å²) in [6.07, 6.45) is 4.03. The minimum absolute atomic E-state index is 0.00583. The third-order valence-electron chi connectivity index (χ3n) is 6.74. The molecule has 1 N–H and O–H groups in total. The average Bonchev–Trinajstić information content (AvgIpc) is 3.68. The number of rotatable bonds is 8. The van der Waals surface area contributed by atoms with Crippen LogP contribution < -0.4 is 15.0 Å². The molecule has 4 rings (SSSR count). The van der Waals surface area contributed by atoms with E-state index in [0.29, 0.717) is 18.3 Å². The zero-order chi connectivity index (χ0) is 27.5. The number of halogens is 1. The molecule has 7 nitrogen and oxygen atoms in total. The van der Waals surface area contributed by atoms with Crippen molar-refractivity contribution in [2.45, 2.75) is 90.1 Å². The number of piperidine rings is 1. The number of carbonyl (C=O) groups excluding carboxylic acids is 2. The molecule has 2 aromatic carbocycles. The molecule has 206 valence electrons. The summed E-state index contributed by atoms with van der Waals surface area (Å²) >= 11 is 3.62. The number of nitrogens with one attached hydrogen (secondary N) is 1. The van der Waals surface area contributed by atoms with E-state index in [1.165, 1.54) is 0 Å². The van der Waals surface area contributed by atoms with Crippen molar-refractivity contribution in [3.8, 4) is 5.75 Å². The lowest BCUT2D eigenvalue weighted by atomic mass is 10.0. The summed E-state index contributed by atoms with van der Waals surface area (Å²) < 4.78 is 12.6. The molecule has 0 spiro atoms. The van der Waals surface area contributed by atoms with E-state index in [9.17, 15) is 9.59 Å². The Labute approximate surface area is 235 Å². The van der Waals surface area contributed by atoms with E-state index >= 15 is 0 Å². The number of nitrogens with zero attached hydrogens (tertiary/aromatic N) is 2. The molecule has 1 aliphatic heterocycles. The number of carbonyl (C=O) groups is 2. The lowest BCUT2D eigenvalue weighted by Gasteiger charge is -2.36. The second kappa shape index (κ2) is 11.6. The van der Waals surface area contributed by atoms with Crippen molar-refractivity contribution >= 4 is 33.6 Å². The van der Waals surface area contributed by atoms with Crippen LogP contribution in [0.25, 0.3) is 0 Å².